The summed E-state index contributed by atoms with van der Waals surface area (Å²) < 4.78 is 4.63. The standard InChI is InChI=1S/C13H19NO3/c1-14(8-3-9-15)10-11-4-6-12(7-5-11)13(16)17-2/h4-7,15H,3,8-10H2,1-2H3. The van der Waals surface area contributed by atoms with Crippen LogP contribution in [-0.2, 0) is 11.3 Å². The summed E-state index contributed by atoms with van der Waals surface area (Å²) in [5, 5.41) is 8.73. The summed E-state index contributed by atoms with van der Waals surface area (Å²) in [6.45, 7) is 1.88. The molecule has 1 aromatic rings. The van der Waals surface area contributed by atoms with Crippen LogP contribution in [-0.4, -0.2) is 43.3 Å². The number of methoxy groups -OCH3 is 1. The first-order valence-corrected chi connectivity index (χ1v) is 5.64. The van der Waals surface area contributed by atoms with E-state index in [0.717, 1.165) is 25.1 Å². The van der Waals surface area contributed by atoms with Crippen LogP contribution in [0.2, 0.25) is 0 Å². The number of carbonyl (C=O) groups excluding carboxylic acids is 1. The number of aliphatic hydroxyl groups excluding tert-OH is 1. The number of carbonyl (C=O) groups is 1. The molecule has 1 rings (SSSR count). The molecule has 0 amide bonds. The minimum absolute atomic E-state index is 0.214. The predicted octanol–water partition coefficient (Wildman–Crippen LogP) is 1.29. The Morgan fingerprint density at radius 1 is 1.35 bits per heavy atom. The zero-order valence-electron chi connectivity index (χ0n) is 10.3. The molecule has 0 aliphatic rings. The molecule has 0 fully saturated rings. The molecular formula is C13H19NO3. The van der Waals surface area contributed by atoms with Crippen molar-refractivity contribution in [3.8, 4) is 0 Å². The Labute approximate surface area is 102 Å². The number of hydrogen-bond donors (Lipinski definition) is 1. The van der Waals surface area contributed by atoms with Crippen LogP contribution >= 0.6 is 0 Å². The largest absolute Gasteiger partial charge is 0.465 e. The van der Waals surface area contributed by atoms with Crippen LogP contribution in [0.15, 0.2) is 24.3 Å². The lowest BCUT2D eigenvalue weighted by molar-refractivity contribution is 0.0600. The normalized spacial score (nSPS) is 10.6. The van der Waals surface area contributed by atoms with Crippen LogP contribution in [0.5, 0.6) is 0 Å². The van der Waals surface area contributed by atoms with Crippen molar-refractivity contribution in [1.29, 1.82) is 0 Å². The van der Waals surface area contributed by atoms with Crippen molar-refractivity contribution in [2.75, 3.05) is 27.3 Å². The Bertz CT molecular complexity index is 348. The fraction of sp³-hybridized carbons (Fsp3) is 0.462. The second kappa shape index (κ2) is 7.04. The topological polar surface area (TPSA) is 49.8 Å². The summed E-state index contributed by atoms with van der Waals surface area (Å²) in [7, 11) is 3.38. The lowest BCUT2D eigenvalue weighted by Gasteiger charge is -2.15. The lowest BCUT2D eigenvalue weighted by atomic mass is 10.1. The Kier molecular flexibility index (Phi) is 5.66. The highest BCUT2D eigenvalue weighted by Gasteiger charge is 2.05. The molecule has 4 heteroatoms. The molecule has 0 aromatic heterocycles. The molecule has 0 heterocycles. The SMILES string of the molecule is COC(=O)c1ccc(CN(C)CCCO)cc1. The first kappa shape index (κ1) is 13.7. The molecule has 4 nitrogen and oxygen atoms in total. The van der Waals surface area contributed by atoms with Gasteiger partial charge in [0.15, 0.2) is 0 Å². The van der Waals surface area contributed by atoms with Crippen LogP contribution in [0.25, 0.3) is 0 Å². The first-order valence-electron chi connectivity index (χ1n) is 5.64. The minimum atomic E-state index is -0.315. The highest BCUT2D eigenvalue weighted by Crippen LogP contribution is 2.08. The Hall–Kier alpha value is -1.39. The molecule has 0 spiro atoms. The molecule has 0 aliphatic heterocycles. The van der Waals surface area contributed by atoms with E-state index in [4.69, 9.17) is 5.11 Å². The van der Waals surface area contributed by atoms with E-state index < -0.39 is 0 Å². The van der Waals surface area contributed by atoms with E-state index in [9.17, 15) is 4.79 Å². The van der Waals surface area contributed by atoms with Gasteiger partial charge in [0.2, 0.25) is 0 Å². The zero-order chi connectivity index (χ0) is 12.7. The predicted molar refractivity (Wildman–Crippen MR) is 65.8 cm³/mol. The summed E-state index contributed by atoms with van der Waals surface area (Å²) in [6, 6.07) is 7.37. The van der Waals surface area contributed by atoms with Crippen molar-refractivity contribution in [1.82, 2.24) is 4.90 Å². The van der Waals surface area contributed by atoms with Gasteiger partial charge in [-0.15, -0.1) is 0 Å². The fourth-order valence-corrected chi connectivity index (χ4v) is 1.60. The van der Waals surface area contributed by atoms with Gasteiger partial charge in [-0.3, -0.25) is 0 Å². The lowest BCUT2D eigenvalue weighted by Crippen LogP contribution is -2.19. The summed E-state index contributed by atoms with van der Waals surface area (Å²) in [6.07, 6.45) is 0.775. The van der Waals surface area contributed by atoms with Gasteiger partial charge in [0, 0.05) is 19.7 Å². The monoisotopic (exact) mass is 237 g/mol. The van der Waals surface area contributed by atoms with E-state index in [0.29, 0.717) is 5.56 Å². The number of benzene rings is 1. The van der Waals surface area contributed by atoms with E-state index in [1.807, 2.05) is 19.2 Å². The van der Waals surface area contributed by atoms with Gasteiger partial charge in [-0.1, -0.05) is 12.1 Å². The molecule has 0 aliphatic carbocycles. The Morgan fingerprint density at radius 2 is 2.00 bits per heavy atom. The van der Waals surface area contributed by atoms with Crippen LogP contribution in [0.3, 0.4) is 0 Å². The van der Waals surface area contributed by atoms with E-state index in [-0.39, 0.29) is 12.6 Å². The maximum atomic E-state index is 11.2. The van der Waals surface area contributed by atoms with Gasteiger partial charge >= 0.3 is 5.97 Å². The van der Waals surface area contributed by atoms with Crippen molar-refractivity contribution in [2.24, 2.45) is 0 Å². The minimum Gasteiger partial charge on any atom is -0.465 e. The zero-order valence-corrected chi connectivity index (χ0v) is 10.3. The van der Waals surface area contributed by atoms with E-state index in [1.54, 1.807) is 12.1 Å². The molecule has 17 heavy (non-hydrogen) atoms. The van der Waals surface area contributed by atoms with Crippen molar-refractivity contribution in [3.63, 3.8) is 0 Å². The van der Waals surface area contributed by atoms with Crippen molar-refractivity contribution >= 4 is 5.97 Å². The number of esters is 1. The average Bonchev–Trinajstić information content (AvgIpc) is 2.36. The number of aliphatic hydroxyl groups is 1. The molecule has 1 N–H and O–H groups in total. The van der Waals surface area contributed by atoms with Gasteiger partial charge in [0.1, 0.15) is 0 Å². The third-order valence-corrected chi connectivity index (χ3v) is 2.53. The third-order valence-electron chi connectivity index (χ3n) is 2.53. The van der Waals surface area contributed by atoms with Gasteiger partial charge in [0.05, 0.1) is 12.7 Å². The number of ether oxygens (including phenoxy) is 1. The number of rotatable bonds is 6. The molecule has 0 radical (unpaired) electrons. The van der Waals surface area contributed by atoms with Gasteiger partial charge in [-0.2, -0.15) is 0 Å². The summed E-state index contributed by atoms with van der Waals surface area (Å²) in [5.41, 5.74) is 1.70. The molecular weight excluding hydrogens is 218 g/mol. The van der Waals surface area contributed by atoms with E-state index in [2.05, 4.69) is 9.64 Å². The van der Waals surface area contributed by atoms with E-state index >= 15 is 0 Å². The fourth-order valence-electron chi connectivity index (χ4n) is 1.60. The second-order valence-electron chi connectivity index (χ2n) is 4.00. The average molecular weight is 237 g/mol. The van der Waals surface area contributed by atoms with Gasteiger partial charge in [-0.25, -0.2) is 4.79 Å². The maximum absolute atomic E-state index is 11.2. The maximum Gasteiger partial charge on any atom is 0.337 e. The Balaban J connectivity index is 2.53. The van der Waals surface area contributed by atoms with E-state index in [1.165, 1.54) is 7.11 Å². The molecule has 0 unspecified atom stereocenters. The third kappa shape index (κ3) is 4.54. The quantitative estimate of drug-likeness (QED) is 0.757. The van der Waals surface area contributed by atoms with Crippen molar-refractivity contribution in [3.05, 3.63) is 35.4 Å². The second-order valence-corrected chi connectivity index (χ2v) is 4.00. The van der Waals surface area contributed by atoms with Gasteiger partial charge in [0.25, 0.3) is 0 Å². The van der Waals surface area contributed by atoms with Gasteiger partial charge < -0.3 is 14.7 Å². The number of nitrogens with zero attached hydrogens (tertiary/aromatic N) is 1. The van der Waals surface area contributed by atoms with Crippen LogP contribution < -0.4 is 0 Å². The molecule has 0 atom stereocenters. The molecule has 0 saturated heterocycles. The summed E-state index contributed by atoms with van der Waals surface area (Å²) in [5.74, 6) is -0.315. The molecule has 1 aromatic carbocycles. The van der Waals surface area contributed by atoms with Crippen LogP contribution in [0.1, 0.15) is 22.3 Å². The Morgan fingerprint density at radius 3 is 2.53 bits per heavy atom. The smallest absolute Gasteiger partial charge is 0.337 e. The molecule has 0 saturated carbocycles. The van der Waals surface area contributed by atoms with Gasteiger partial charge in [-0.05, 0) is 31.2 Å². The van der Waals surface area contributed by atoms with Crippen molar-refractivity contribution < 1.29 is 14.6 Å². The first-order chi connectivity index (χ1) is 8.17. The highest BCUT2D eigenvalue weighted by molar-refractivity contribution is 5.89. The molecule has 0 bridgehead atoms. The van der Waals surface area contributed by atoms with Crippen LogP contribution in [0.4, 0.5) is 0 Å². The summed E-state index contributed by atoms with van der Waals surface area (Å²) >= 11 is 0. The summed E-state index contributed by atoms with van der Waals surface area (Å²) in [4.78, 5) is 13.4. The molecule has 94 valence electrons. The van der Waals surface area contributed by atoms with Crippen LogP contribution in [0, 0.1) is 0 Å². The number of hydrogen-bond acceptors (Lipinski definition) is 4. The highest BCUT2D eigenvalue weighted by atomic mass is 16.5. The van der Waals surface area contributed by atoms with Crippen molar-refractivity contribution in [2.45, 2.75) is 13.0 Å².